The highest BCUT2D eigenvalue weighted by Crippen LogP contribution is 2.20. The molecular weight excluding hydrogens is 370 g/mol. The second kappa shape index (κ2) is 7.11. The zero-order chi connectivity index (χ0) is 16.2. The van der Waals surface area contributed by atoms with Crippen LogP contribution in [0.25, 0.3) is 0 Å². The van der Waals surface area contributed by atoms with E-state index in [2.05, 4.69) is 21.2 Å². The lowest BCUT2D eigenvalue weighted by Crippen LogP contribution is -2.23. The topological polar surface area (TPSA) is 76.4 Å². The second-order valence-corrected chi connectivity index (χ2v) is 7.64. The summed E-state index contributed by atoms with van der Waals surface area (Å²) < 4.78 is 30.7. The van der Waals surface area contributed by atoms with Gasteiger partial charge in [-0.2, -0.15) is 0 Å². The van der Waals surface area contributed by atoms with Crippen molar-refractivity contribution in [3.63, 3.8) is 0 Å². The fourth-order valence-corrected chi connectivity index (χ4v) is 3.33. The largest absolute Gasteiger partial charge is 0.455 e. The van der Waals surface area contributed by atoms with Gasteiger partial charge in [0.2, 0.25) is 0 Å². The van der Waals surface area contributed by atoms with Crippen LogP contribution in [-0.4, -0.2) is 20.9 Å². The number of furan rings is 1. The molecule has 0 bridgehead atoms. The first-order valence-electron chi connectivity index (χ1n) is 6.77. The summed E-state index contributed by atoms with van der Waals surface area (Å²) in [5.74, 6) is -0.261. The number of sulfone groups is 1. The van der Waals surface area contributed by atoms with E-state index in [1.165, 1.54) is 24.3 Å². The molecule has 2 aromatic rings. The third-order valence-corrected chi connectivity index (χ3v) is 5.11. The van der Waals surface area contributed by atoms with Crippen LogP contribution in [0.1, 0.15) is 29.7 Å². The Balaban J connectivity index is 2.12. The number of carbonyl (C=O) groups is 1. The molecule has 0 fully saturated rings. The van der Waals surface area contributed by atoms with Gasteiger partial charge in [-0.1, -0.05) is 22.9 Å². The molecule has 5 nitrogen and oxygen atoms in total. The maximum atomic E-state index is 12.3. The van der Waals surface area contributed by atoms with Gasteiger partial charge in [-0.25, -0.2) is 8.42 Å². The van der Waals surface area contributed by atoms with Crippen molar-refractivity contribution in [1.29, 1.82) is 0 Å². The molecule has 0 spiro atoms. The molecule has 2 rings (SSSR count). The molecule has 1 amide bonds. The Bertz CT molecular complexity index is 750. The van der Waals surface area contributed by atoms with Crippen molar-refractivity contribution in [2.45, 2.75) is 24.0 Å². The Hall–Kier alpha value is -1.60. The van der Waals surface area contributed by atoms with E-state index in [0.29, 0.717) is 6.54 Å². The summed E-state index contributed by atoms with van der Waals surface area (Å²) in [4.78, 5) is 11.9. The highest BCUT2D eigenvalue weighted by Gasteiger charge is 2.19. The minimum absolute atomic E-state index is 0.120. The van der Waals surface area contributed by atoms with E-state index in [0.717, 1.165) is 10.9 Å². The highest BCUT2D eigenvalue weighted by atomic mass is 79.9. The number of rotatable bonds is 6. The molecule has 118 valence electrons. The SMILES string of the molecule is CCCNC(=O)c1ccc(CS(=O)(=O)c2ccc(Br)cc2)o1. The van der Waals surface area contributed by atoms with Crippen LogP contribution in [0.2, 0.25) is 0 Å². The van der Waals surface area contributed by atoms with Crippen molar-refractivity contribution in [1.82, 2.24) is 5.32 Å². The summed E-state index contributed by atoms with van der Waals surface area (Å²) in [6.45, 7) is 2.49. The van der Waals surface area contributed by atoms with Gasteiger partial charge in [0.25, 0.3) is 5.91 Å². The Morgan fingerprint density at radius 2 is 1.86 bits per heavy atom. The number of hydrogen-bond donors (Lipinski definition) is 1. The molecule has 1 heterocycles. The van der Waals surface area contributed by atoms with Crippen LogP contribution in [0.3, 0.4) is 0 Å². The Morgan fingerprint density at radius 3 is 2.50 bits per heavy atom. The predicted octanol–water partition coefficient (Wildman–Crippen LogP) is 3.16. The van der Waals surface area contributed by atoms with Crippen LogP contribution in [0, 0.1) is 0 Å². The number of amides is 1. The minimum atomic E-state index is -3.51. The first-order valence-corrected chi connectivity index (χ1v) is 9.22. The zero-order valence-corrected chi connectivity index (χ0v) is 14.4. The van der Waals surface area contributed by atoms with Crippen molar-refractivity contribution in [3.8, 4) is 0 Å². The van der Waals surface area contributed by atoms with Crippen molar-refractivity contribution < 1.29 is 17.6 Å². The molecule has 0 radical (unpaired) electrons. The average Bonchev–Trinajstić information content (AvgIpc) is 2.93. The van der Waals surface area contributed by atoms with E-state index in [9.17, 15) is 13.2 Å². The van der Waals surface area contributed by atoms with Gasteiger partial charge < -0.3 is 9.73 Å². The Labute approximate surface area is 137 Å². The fraction of sp³-hybridized carbons (Fsp3) is 0.267. The number of benzene rings is 1. The summed E-state index contributed by atoms with van der Waals surface area (Å²) in [7, 11) is -3.51. The van der Waals surface area contributed by atoms with E-state index < -0.39 is 9.84 Å². The number of nitrogens with one attached hydrogen (secondary N) is 1. The molecule has 0 aliphatic carbocycles. The third kappa shape index (κ3) is 4.20. The number of halogens is 1. The first-order chi connectivity index (χ1) is 10.4. The second-order valence-electron chi connectivity index (χ2n) is 4.73. The molecule has 0 unspecified atom stereocenters. The Morgan fingerprint density at radius 1 is 1.18 bits per heavy atom. The smallest absolute Gasteiger partial charge is 0.286 e. The summed E-state index contributed by atoms with van der Waals surface area (Å²) in [5.41, 5.74) is 0. The maximum Gasteiger partial charge on any atom is 0.286 e. The predicted molar refractivity (Wildman–Crippen MR) is 86.4 cm³/mol. The van der Waals surface area contributed by atoms with E-state index in [4.69, 9.17) is 4.42 Å². The molecule has 0 atom stereocenters. The van der Waals surface area contributed by atoms with E-state index >= 15 is 0 Å². The monoisotopic (exact) mass is 385 g/mol. The summed E-state index contributed by atoms with van der Waals surface area (Å²) in [6, 6.07) is 9.38. The fourth-order valence-electron chi connectivity index (χ4n) is 1.82. The van der Waals surface area contributed by atoms with Gasteiger partial charge in [-0.05, 0) is 42.8 Å². The van der Waals surface area contributed by atoms with Gasteiger partial charge in [-0.15, -0.1) is 0 Å². The van der Waals surface area contributed by atoms with Gasteiger partial charge in [0.05, 0.1) is 4.90 Å². The van der Waals surface area contributed by atoms with Crippen molar-refractivity contribution in [2.24, 2.45) is 0 Å². The molecule has 0 aliphatic rings. The van der Waals surface area contributed by atoms with E-state index in [1.54, 1.807) is 12.1 Å². The number of hydrogen-bond acceptors (Lipinski definition) is 4. The average molecular weight is 386 g/mol. The van der Waals surface area contributed by atoms with E-state index in [1.807, 2.05) is 6.92 Å². The van der Waals surface area contributed by atoms with Crippen LogP contribution < -0.4 is 5.32 Å². The standard InChI is InChI=1S/C15H16BrNO4S/c1-2-9-17-15(18)14-8-5-12(21-14)10-22(19,20)13-6-3-11(16)4-7-13/h3-8H,2,9-10H2,1H3,(H,17,18). The zero-order valence-electron chi connectivity index (χ0n) is 12.0. The van der Waals surface area contributed by atoms with Crippen LogP contribution in [0.15, 0.2) is 50.2 Å². The van der Waals surface area contributed by atoms with Gasteiger partial charge in [0.15, 0.2) is 15.6 Å². The molecule has 1 N–H and O–H groups in total. The minimum Gasteiger partial charge on any atom is -0.455 e. The molecule has 0 saturated heterocycles. The molecule has 22 heavy (non-hydrogen) atoms. The molecule has 1 aromatic heterocycles. The van der Waals surface area contributed by atoms with Gasteiger partial charge in [0.1, 0.15) is 11.5 Å². The quantitative estimate of drug-likeness (QED) is 0.828. The lowest BCUT2D eigenvalue weighted by atomic mass is 10.4. The van der Waals surface area contributed by atoms with Crippen molar-refractivity contribution >= 4 is 31.7 Å². The Kier molecular flexibility index (Phi) is 5.42. The van der Waals surface area contributed by atoms with Gasteiger partial charge >= 0.3 is 0 Å². The van der Waals surface area contributed by atoms with Crippen molar-refractivity contribution in [2.75, 3.05) is 6.54 Å². The molecule has 0 aliphatic heterocycles. The number of carbonyl (C=O) groups excluding carboxylic acids is 1. The highest BCUT2D eigenvalue weighted by molar-refractivity contribution is 9.10. The molecule has 0 saturated carbocycles. The summed E-state index contributed by atoms with van der Waals surface area (Å²) >= 11 is 3.26. The maximum absolute atomic E-state index is 12.3. The summed E-state index contributed by atoms with van der Waals surface area (Å²) in [5, 5.41) is 2.68. The van der Waals surface area contributed by atoms with Gasteiger partial charge in [0, 0.05) is 11.0 Å². The molecule has 7 heteroatoms. The summed E-state index contributed by atoms with van der Waals surface area (Å²) in [6.07, 6.45) is 0.817. The third-order valence-electron chi connectivity index (χ3n) is 2.93. The van der Waals surface area contributed by atoms with Gasteiger partial charge in [-0.3, -0.25) is 4.79 Å². The van der Waals surface area contributed by atoms with E-state index in [-0.39, 0.29) is 28.1 Å². The lowest BCUT2D eigenvalue weighted by Gasteiger charge is -2.03. The first kappa shape index (κ1) is 16.8. The van der Waals surface area contributed by atoms with Crippen LogP contribution in [0.5, 0.6) is 0 Å². The van der Waals surface area contributed by atoms with Crippen LogP contribution >= 0.6 is 15.9 Å². The molecular formula is C15H16BrNO4S. The normalized spacial score (nSPS) is 11.4. The lowest BCUT2D eigenvalue weighted by molar-refractivity contribution is 0.0924. The van der Waals surface area contributed by atoms with Crippen molar-refractivity contribution in [3.05, 3.63) is 52.4 Å². The van der Waals surface area contributed by atoms with Crippen LogP contribution in [-0.2, 0) is 15.6 Å². The molecule has 1 aromatic carbocycles. The van der Waals surface area contributed by atoms with Crippen LogP contribution in [0.4, 0.5) is 0 Å².